The van der Waals surface area contributed by atoms with Crippen LogP contribution < -0.4 is 16.6 Å². The molecule has 0 unspecified atom stereocenters. The molecule has 0 bridgehead atoms. The number of nitrogens with zero attached hydrogens (tertiary/aromatic N) is 2. The van der Waals surface area contributed by atoms with Crippen LogP contribution in [-0.2, 0) is 0 Å². The minimum Gasteiger partial charge on any atom is -0.340 e. The number of rotatable bonds is 3. The van der Waals surface area contributed by atoms with Crippen LogP contribution in [-0.4, -0.2) is 9.97 Å². The molecule has 2 rings (SSSR count). The average molecular weight is 322 g/mol. The van der Waals surface area contributed by atoms with Gasteiger partial charge in [-0.25, -0.2) is 10.8 Å². The average Bonchev–Trinajstić information content (AvgIpc) is 2.33. The second-order valence-corrected chi connectivity index (χ2v) is 5.32. The second-order valence-electron chi connectivity index (χ2n) is 4.40. The van der Waals surface area contributed by atoms with Crippen LogP contribution in [0.25, 0.3) is 0 Å². The first kappa shape index (κ1) is 13.8. The maximum Gasteiger partial charge on any atom is 0.239 e. The molecule has 6 heteroatoms. The molecule has 19 heavy (non-hydrogen) atoms. The lowest BCUT2D eigenvalue weighted by Crippen LogP contribution is -2.12. The third-order valence-electron chi connectivity index (χ3n) is 2.73. The molecule has 0 fully saturated rings. The van der Waals surface area contributed by atoms with E-state index in [0.29, 0.717) is 11.8 Å². The third-order valence-corrected chi connectivity index (χ3v) is 3.19. The molecule has 100 valence electrons. The maximum absolute atomic E-state index is 5.35. The minimum absolute atomic E-state index is 0.398. The Kier molecular flexibility index (Phi) is 4.01. The van der Waals surface area contributed by atoms with Crippen molar-refractivity contribution in [2.24, 2.45) is 5.84 Å². The van der Waals surface area contributed by atoms with Gasteiger partial charge in [0, 0.05) is 21.9 Å². The van der Waals surface area contributed by atoms with E-state index in [1.807, 2.05) is 13.0 Å². The van der Waals surface area contributed by atoms with Gasteiger partial charge in [-0.3, -0.25) is 5.43 Å². The highest BCUT2D eigenvalue weighted by molar-refractivity contribution is 9.10. The Bertz CT molecular complexity index is 589. The van der Waals surface area contributed by atoms with Gasteiger partial charge in [0.25, 0.3) is 0 Å². The first-order valence-corrected chi connectivity index (χ1v) is 6.65. The van der Waals surface area contributed by atoms with E-state index in [4.69, 9.17) is 5.84 Å². The van der Waals surface area contributed by atoms with Crippen molar-refractivity contribution < 1.29 is 0 Å². The van der Waals surface area contributed by atoms with Crippen LogP contribution >= 0.6 is 15.9 Å². The predicted molar refractivity (Wildman–Crippen MR) is 81.5 cm³/mol. The van der Waals surface area contributed by atoms with Crippen molar-refractivity contribution >= 4 is 33.4 Å². The number of hydrogen-bond acceptors (Lipinski definition) is 5. The summed E-state index contributed by atoms with van der Waals surface area (Å²) in [6.45, 7) is 6.00. The number of anilines is 3. The first-order valence-electron chi connectivity index (χ1n) is 5.85. The lowest BCUT2D eigenvalue weighted by Gasteiger charge is -2.13. The topological polar surface area (TPSA) is 75.9 Å². The van der Waals surface area contributed by atoms with Crippen molar-refractivity contribution in [1.82, 2.24) is 9.97 Å². The smallest absolute Gasteiger partial charge is 0.239 e. The molecule has 2 aromatic rings. The molecule has 0 aliphatic rings. The lowest BCUT2D eigenvalue weighted by atomic mass is 10.1. The zero-order valence-electron chi connectivity index (χ0n) is 11.1. The Balaban J connectivity index is 2.39. The Morgan fingerprint density at radius 1 is 1.05 bits per heavy atom. The van der Waals surface area contributed by atoms with E-state index in [-0.39, 0.29) is 0 Å². The molecule has 1 aromatic carbocycles. The van der Waals surface area contributed by atoms with Gasteiger partial charge >= 0.3 is 0 Å². The molecule has 0 spiro atoms. The number of halogens is 1. The quantitative estimate of drug-likeness (QED) is 0.598. The van der Waals surface area contributed by atoms with Gasteiger partial charge in [-0.2, -0.15) is 4.98 Å². The van der Waals surface area contributed by atoms with Crippen molar-refractivity contribution in [3.63, 3.8) is 0 Å². The minimum atomic E-state index is 0.398. The molecule has 0 saturated heterocycles. The Morgan fingerprint density at radius 3 is 2.26 bits per heavy atom. The SMILES string of the molecule is Cc1cc(Nc2c(C)cc(Br)cc2C)nc(NN)n1. The Labute approximate surface area is 120 Å². The summed E-state index contributed by atoms with van der Waals surface area (Å²) in [6, 6.07) is 6.00. The largest absolute Gasteiger partial charge is 0.340 e. The normalized spacial score (nSPS) is 10.4. The highest BCUT2D eigenvalue weighted by Gasteiger charge is 2.07. The molecule has 4 N–H and O–H groups in total. The number of benzene rings is 1. The number of hydrogen-bond donors (Lipinski definition) is 3. The van der Waals surface area contributed by atoms with Crippen LogP contribution in [0.2, 0.25) is 0 Å². The van der Waals surface area contributed by atoms with E-state index in [1.54, 1.807) is 0 Å². The fraction of sp³-hybridized carbons (Fsp3) is 0.231. The van der Waals surface area contributed by atoms with Gasteiger partial charge in [-0.05, 0) is 44.0 Å². The van der Waals surface area contributed by atoms with Crippen LogP contribution in [0, 0.1) is 20.8 Å². The van der Waals surface area contributed by atoms with Gasteiger partial charge in [0.1, 0.15) is 5.82 Å². The molecule has 1 aromatic heterocycles. The standard InChI is InChI=1S/C13H16BrN5/c1-7-4-10(14)5-8(2)12(7)17-11-6-9(3)16-13(18-11)19-15/h4-6H,15H2,1-3H3,(H2,16,17,18,19). The molecule has 5 nitrogen and oxygen atoms in total. The number of aromatic nitrogens is 2. The first-order chi connectivity index (χ1) is 8.99. The fourth-order valence-corrected chi connectivity index (χ4v) is 2.62. The second kappa shape index (κ2) is 5.54. The van der Waals surface area contributed by atoms with E-state index in [1.165, 1.54) is 0 Å². The van der Waals surface area contributed by atoms with E-state index in [2.05, 4.69) is 62.6 Å². The molecule has 1 heterocycles. The molecular weight excluding hydrogens is 306 g/mol. The molecular formula is C13H16BrN5. The predicted octanol–water partition coefficient (Wildman–Crippen LogP) is 3.19. The number of nitrogens with two attached hydrogens (primary N) is 1. The molecule has 0 radical (unpaired) electrons. The van der Waals surface area contributed by atoms with Crippen LogP contribution in [0.4, 0.5) is 17.5 Å². The summed E-state index contributed by atoms with van der Waals surface area (Å²) in [5.74, 6) is 6.47. The Morgan fingerprint density at radius 2 is 1.68 bits per heavy atom. The van der Waals surface area contributed by atoms with E-state index in [0.717, 1.165) is 27.0 Å². The summed E-state index contributed by atoms with van der Waals surface area (Å²) in [5, 5.41) is 3.32. The van der Waals surface area contributed by atoms with Crippen LogP contribution in [0.1, 0.15) is 16.8 Å². The molecule has 0 saturated carbocycles. The summed E-state index contributed by atoms with van der Waals surface area (Å²) in [4.78, 5) is 8.44. The summed E-state index contributed by atoms with van der Waals surface area (Å²) < 4.78 is 1.07. The van der Waals surface area contributed by atoms with Gasteiger partial charge in [0.05, 0.1) is 0 Å². The summed E-state index contributed by atoms with van der Waals surface area (Å²) >= 11 is 3.49. The van der Waals surface area contributed by atoms with Gasteiger partial charge in [-0.15, -0.1) is 0 Å². The monoisotopic (exact) mass is 321 g/mol. The van der Waals surface area contributed by atoms with Crippen LogP contribution in [0.3, 0.4) is 0 Å². The number of aryl methyl sites for hydroxylation is 3. The van der Waals surface area contributed by atoms with Gasteiger partial charge in [0.15, 0.2) is 0 Å². The van der Waals surface area contributed by atoms with E-state index in [9.17, 15) is 0 Å². The highest BCUT2D eigenvalue weighted by Crippen LogP contribution is 2.27. The van der Waals surface area contributed by atoms with Crippen molar-refractivity contribution in [2.75, 3.05) is 10.7 Å². The van der Waals surface area contributed by atoms with E-state index < -0.39 is 0 Å². The molecule has 0 aliphatic carbocycles. The fourth-order valence-electron chi connectivity index (χ4n) is 1.93. The number of hydrazine groups is 1. The molecule has 0 aliphatic heterocycles. The maximum atomic E-state index is 5.35. The molecule has 0 amide bonds. The van der Waals surface area contributed by atoms with Crippen LogP contribution in [0.5, 0.6) is 0 Å². The number of nitrogens with one attached hydrogen (secondary N) is 2. The highest BCUT2D eigenvalue weighted by atomic mass is 79.9. The zero-order chi connectivity index (χ0) is 14.0. The summed E-state index contributed by atoms with van der Waals surface area (Å²) in [5.41, 5.74) is 6.64. The van der Waals surface area contributed by atoms with Crippen LogP contribution in [0.15, 0.2) is 22.7 Å². The van der Waals surface area contributed by atoms with Gasteiger partial charge < -0.3 is 5.32 Å². The van der Waals surface area contributed by atoms with Crippen molar-refractivity contribution in [2.45, 2.75) is 20.8 Å². The molecule has 0 atom stereocenters. The van der Waals surface area contributed by atoms with Gasteiger partial charge in [0.2, 0.25) is 5.95 Å². The number of nitrogen functional groups attached to an aromatic ring is 1. The van der Waals surface area contributed by atoms with Gasteiger partial charge in [-0.1, -0.05) is 15.9 Å². The Hall–Kier alpha value is -1.66. The zero-order valence-corrected chi connectivity index (χ0v) is 12.7. The van der Waals surface area contributed by atoms with Crippen molar-refractivity contribution in [3.05, 3.63) is 39.5 Å². The summed E-state index contributed by atoms with van der Waals surface area (Å²) in [7, 11) is 0. The summed E-state index contributed by atoms with van der Waals surface area (Å²) in [6.07, 6.45) is 0. The third kappa shape index (κ3) is 3.21. The lowest BCUT2D eigenvalue weighted by molar-refractivity contribution is 1.07. The van der Waals surface area contributed by atoms with Crippen molar-refractivity contribution in [3.8, 4) is 0 Å². The van der Waals surface area contributed by atoms with Crippen molar-refractivity contribution in [1.29, 1.82) is 0 Å². The van der Waals surface area contributed by atoms with E-state index >= 15 is 0 Å².